The summed E-state index contributed by atoms with van der Waals surface area (Å²) in [4.78, 5) is 21.8. The van der Waals surface area contributed by atoms with Crippen molar-refractivity contribution >= 4 is 11.9 Å². The second kappa shape index (κ2) is 9.33. The van der Waals surface area contributed by atoms with E-state index in [9.17, 15) is 18.0 Å². The fourth-order valence-corrected chi connectivity index (χ4v) is 2.74. The maximum Gasteiger partial charge on any atom is 0.314 e. The number of nitrogens with one attached hydrogen (secondary N) is 1. The van der Waals surface area contributed by atoms with Gasteiger partial charge in [-0.1, -0.05) is 12.1 Å². The third-order valence-corrected chi connectivity index (χ3v) is 4.33. The molecule has 0 fully saturated rings. The van der Waals surface area contributed by atoms with Gasteiger partial charge in [-0.15, -0.1) is 10.2 Å². The first-order valence-electron chi connectivity index (χ1n) is 9.08. The highest BCUT2D eigenvalue weighted by molar-refractivity contribution is 5.73. The Labute approximate surface area is 170 Å². The van der Waals surface area contributed by atoms with Crippen LogP contribution in [0.2, 0.25) is 0 Å². The molecule has 0 aliphatic carbocycles. The standard InChI is InChI=1S/C19H19F3N6O2/c1-3-28(11(2)29)10-15(12-4-6-14(20)7-5-12)25-19-23-8-13(9-24-19)17-26-27-18(30-17)16(21)22/h4-9,15-16H,3,10H2,1-2H3,(H,23,24,25). The fourth-order valence-electron chi connectivity index (χ4n) is 2.74. The van der Waals surface area contributed by atoms with Crippen LogP contribution in [0.3, 0.4) is 0 Å². The smallest absolute Gasteiger partial charge is 0.314 e. The molecule has 1 unspecified atom stereocenters. The molecule has 0 spiro atoms. The van der Waals surface area contributed by atoms with E-state index in [1.807, 2.05) is 6.92 Å². The number of rotatable bonds is 8. The van der Waals surface area contributed by atoms with Gasteiger partial charge in [-0.25, -0.2) is 14.4 Å². The monoisotopic (exact) mass is 420 g/mol. The van der Waals surface area contributed by atoms with Gasteiger partial charge >= 0.3 is 6.43 Å². The number of benzene rings is 1. The number of anilines is 1. The van der Waals surface area contributed by atoms with Gasteiger partial charge in [0.1, 0.15) is 5.82 Å². The van der Waals surface area contributed by atoms with E-state index in [2.05, 4.69) is 25.5 Å². The molecule has 2 aromatic heterocycles. The van der Waals surface area contributed by atoms with Crippen LogP contribution >= 0.6 is 0 Å². The molecule has 2 heterocycles. The van der Waals surface area contributed by atoms with Crippen LogP contribution < -0.4 is 5.32 Å². The second-order valence-corrected chi connectivity index (χ2v) is 6.35. The Morgan fingerprint density at radius 2 is 1.83 bits per heavy atom. The molecule has 0 bridgehead atoms. The summed E-state index contributed by atoms with van der Waals surface area (Å²) in [7, 11) is 0. The minimum Gasteiger partial charge on any atom is -0.415 e. The first kappa shape index (κ1) is 21.2. The van der Waals surface area contributed by atoms with Crippen LogP contribution in [-0.4, -0.2) is 44.1 Å². The average Bonchev–Trinajstić information content (AvgIpc) is 3.22. The SMILES string of the molecule is CCN(CC(Nc1ncc(-c2nnc(C(F)F)o2)cn1)c1ccc(F)cc1)C(C)=O. The molecule has 3 aromatic rings. The zero-order chi connectivity index (χ0) is 21.7. The van der Waals surface area contributed by atoms with Crippen LogP contribution in [0, 0.1) is 5.82 Å². The minimum absolute atomic E-state index is 0.103. The summed E-state index contributed by atoms with van der Waals surface area (Å²) in [6, 6.07) is 5.47. The van der Waals surface area contributed by atoms with E-state index in [4.69, 9.17) is 4.42 Å². The molecule has 0 aliphatic rings. The van der Waals surface area contributed by atoms with E-state index in [0.717, 1.165) is 5.56 Å². The van der Waals surface area contributed by atoms with Crippen molar-refractivity contribution in [2.24, 2.45) is 0 Å². The van der Waals surface area contributed by atoms with Crippen LogP contribution in [0.25, 0.3) is 11.5 Å². The first-order valence-corrected chi connectivity index (χ1v) is 9.08. The maximum atomic E-state index is 13.3. The largest absolute Gasteiger partial charge is 0.415 e. The zero-order valence-corrected chi connectivity index (χ0v) is 16.2. The molecule has 0 aliphatic heterocycles. The van der Waals surface area contributed by atoms with Crippen LogP contribution in [-0.2, 0) is 4.79 Å². The Bertz CT molecular complexity index is 979. The molecule has 8 nitrogen and oxygen atoms in total. The minimum atomic E-state index is -2.87. The topological polar surface area (TPSA) is 97.0 Å². The van der Waals surface area contributed by atoms with Crippen molar-refractivity contribution < 1.29 is 22.4 Å². The van der Waals surface area contributed by atoms with Crippen LogP contribution in [0.5, 0.6) is 0 Å². The van der Waals surface area contributed by atoms with E-state index in [1.165, 1.54) is 31.5 Å². The van der Waals surface area contributed by atoms with E-state index in [-0.39, 0.29) is 29.1 Å². The highest BCUT2D eigenvalue weighted by Gasteiger charge is 2.20. The molecule has 1 amide bonds. The van der Waals surface area contributed by atoms with Gasteiger partial charge in [0.05, 0.1) is 11.6 Å². The van der Waals surface area contributed by atoms with Crippen molar-refractivity contribution in [2.45, 2.75) is 26.3 Å². The molecule has 30 heavy (non-hydrogen) atoms. The van der Waals surface area contributed by atoms with Crippen molar-refractivity contribution in [1.82, 2.24) is 25.1 Å². The molecule has 0 radical (unpaired) electrons. The van der Waals surface area contributed by atoms with Gasteiger partial charge in [-0.3, -0.25) is 4.79 Å². The lowest BCUT2D eigenvalue weighted by Gasteiger charge is -2.27. The van der Waals surface area contributed by atoms with Gasteiger partial charge in [0, 0.05) is 32.4 Å². The third kappa shape index (κ3) is 5.10. The van der Waals surface area contributed by atoms with Crippen LogP contribution in [0.4, 0.5) is 19.1 Å². The molecule has 1 N–H and O–H groups in total. The summed E-state index contributed by atoms with van der Waals surface area (Å²) in [5.74, 6) is -1.16. The summed E-state index contributed by atoms with van der Waals surface area (Å²) in [6.45, 7) is 4.13. The molecule has 1 atom stereocenters. The number of carbonyl (C=O) groups is 1. The van der Waals surface area contributed by atoms with E-state index < -0.39 is 18.4 Å². The number of carbonyl (C=O) groups excluding carboxylic acids is 1. The molecule has 0 saturated heterocycles. The molecule has 1 aromatic carbocycles. The Kier molecular flexibility index (Phi) is 6.60. The first-order chi connectivity index (χ1) is 14.4. The maximum absolute atomic E-state index is 13.3. The number of likely N-dealkylation sites (N-methyl/N-ethyl adjacent to an activating group) is 1. The lowest BCUT2D eigenvalue weighted by molar-refractivity contribution is -0.128. The fraction of sp³-hybridized carbons (Fsp3) is 0.316. The van der Waals surface area contributed by atoms with Crippen LogP contribution in [0.1, 0.15) is 37.8 Å². The number of hydrogen-bond donors (Lipinski definition) is 1. The predicted molar refractivity (Wildman–Crippen MR) is 101 cm³/mol. The van der Waals surface area contributed by atoms with Gasteiger partial charge in [-0.2, -0.15) is 8.78 Å². The quantitative estimate of drug-likeness (QED) is 0.594. The van der Waals surface area contributed by atoms with Crippen LogP contribution in [0.15, 0.2) is 41.1 Å². The molecular weight excluding hydrogens is 401 g/mol. The number of alkyl halides is 2. The van der Waals surface area contributed by atoms with Crippen molar-refractivity contribution in [3.63, 3.8) is 0 Å². The third-order valence-electron chi connectivity index (χ3n) is 4.33. The Balaban J connectivity index is 1.80. The lowest BCUT2D eigenvalue weighted by atomic mass is 10.1. The molecule has 3 rings (SSSR count). The van der Waals surface area contributed by atoms with Gasteiger partial charge in [0.25, 0.3) is 11.8 Å². The summed E-state index contributed by atoms with van der Waals surface area (Å²) < 4.78 is 43.4. The van der Waals surface area contributed by atoms with Crippen molar-refractivity contribution in [3.05, 3.63) is 53.9 Å². The van der Waals surface area contributed by atoms with E-state index >= 15 is 0 Å². The van der Waals surface area contributed by atoms with E-state index in [1.54, 1.807) is 17.0 Å². The van der Waals surface area contributed by atoms with Crippen molar-refractivity contribution in [3.8, 4) is 11.5 Å². The number of halogens is 3. The molecule has 158 valence electrons. The summed E-state index contributed by atoms with van der Waals surface area (Å²) in [5, 5.41) is 9.92. The molecule has 0 saturated carbocycles. The molecular formula is C19H19F3N6O2. The van der Waals surface area contributed by atoms with E-state index in [0.29, 0.717) is 13.1 Å². The van der Waals surface area contributed by atoms with Gasteiger partial charge < -0.3 is 14.6 Å². The highest BCUT2D eigenvalue weighted by Crippen LogP contribution is 2.24. The summed E-state index contributed by atoms with van der Waals surface area (Å²) >= 11 is 0. The number of aromatic nitrogens is 4. The summed E-state index contributed by atoms with van der Waals surface area (Å²) in [6.07, 6.45) is -0.169. The van der Waals surface area contributed by atoms with Gasteiger partial charge in [0.2, 0.25) is 11.9 Å². The normalized spacial score (nSPS) is 12.1. The lowest BCUT2D eigenvalue weighted by Crippen LogP contribution is -2.35. The second-order valence-electron chi connectivity index (χ2n) is 6.35. The Morgan fingerprint density at radius 1 is 1.17 bits per heavy atom. The number of hydrogen-bond acceptors (Lipinski definition) is 7. The highest BCUT2D eigenvalue weighted by atomic mass is 19.3. The van der Waals surface area contributed by atoms with Gasteiger partial charge in [-0.05, 0) is 24.6 Å². The number of amides is 1. The Hall–Kier alpha value is -3.50. The van der Waals surface area contributed by atoms with Crippen molar-refractivity contribution in [1.29, 1.82) is 0 Å². The summed E-state index contributed by atoms with van der Waals surface area (Å²) in [5.41, 5.74) is 1.01. The zero-order valence-electron chi connectivity index (χ0n) is 16.2. The number of nitrogens with zero attached hydrogens (tertiary/aromatic N) is 5. The van der Waals surface area contributed by atoms with Gasteiger partial charge in [0.15, 0.2) is 0 Å². The van der Waals surface area contributed by atoms with Crippen molar-refractivity contribution in [2.75, 3.05) is 18.4 Å². The Morgan fingerprint density at radius 3 is 2.37 bits per heavy atom. The predicted octanol–water partition coefficient (Wildman–Crippen LogP) is 3.62. The average molecular weight is 420 g/mol. The molecule has 11 heteroatoms.